The van der Waals surface area contributed by atoms with Gasteiger partial charge < -0.3 is 14.6 Å². The molecule has 1 aliphatic heterocycles. The van der Waals surface area contributed by atoms with Gasteiger partial charge in [0.1, 0.15) is 11.3 Å². The maximum Gasteiger partial charge on any atom is 0.298 e. The molecular weight excluding hydrogens is 369 g/mol. The number of aromatic nitrogens is 1. The summed E-state index contributed by atoms with van der Waals surface area (Å²) in [7, 11) is 0. The van der Waals surface area contributed by atoms with Gasteiger partial charge in [-0.3, -0.25) is 4.79 Å². The Labute approximate surface area is 161 Å². The van der Waals surface area contributed by atoms with E-state index in [1.54, 1.807) is 6.07 Å². The monoisotopic (exact) mass is 387 g/mol. The Morgan fingerprint density at radius 1 is 1.30 bits per heavy atom. The third-order valence-electron chi connectivity index (χ3n) is 4.84. The summed E-state index contributed by atoms with van der Waals surface area (Å²) in [4.78, 5) is 18.9. The second-order valence-electron chi connectivity index (χ2n) is 6.63. The van der Waals surface area contributed by atoms with Gasteiger partial charge in [0.2, 0.25) is 5.91 Å². The number of hydrogen-bond donors (Lipinski definition) is 1. The van der Waals surface area contributed by atoms with Crippen LogP contribution < -0.4 is 10.2 Å². The number of rotatable bonds is 5. The minimum absolute atomic E-state index is 0.0822. The quantitative estimate of drug-likeness (QED) is 0.720. The summed E-state index contributed by atoms with van der Waals surface area (Å²) in [6.45, 7) is 1.27. The van der Waals surface area contributed by atoms with Crippen LogP contribution in [0, 0.1) is 5.82 Å². The number of benzene rings is 2. The molecule has 1 N–H and O–H groups in total. The summed E-state index contributed by atoms with van der Waals surface area (Å²) in [6, 6.07) is 12.7. The first-order chi connectivity index (χ1) is 13.1. The molecule has 7 heteroatoms. The fraction of sp³-hybridized carbons (Fsp3) is 0.300. The predicted molar refractivity (Wildman–Crippen MR) is 103 cm³/mol. The molecule has 1 aliphatic rings. The zero-order chi connectivity index (χ0) is 18.8. The molecule has 1 aromatic heterocycles. The smallest absolute Gasteiger partial charge is 0.298 e. The van der Waals surface area contributed by atoms with Crippen LogP contribution in [0.15, 0.2) is 46.9 Å². The highest BCUT2D eigenvalue weighted by Gasteiger charge is 2.28. The predicted octanol–water partition coefficient (Wildman–Crippen LogP) is 3.95. The molecule has 27 heavy (non-hydrogen) atoms. The first-order valence-electron chi connectivity index (χ1n) is 8.93. The van der Waals surface area contributed by atoms with E-state index in [0.29, 0.717) is 12.6 Å². The number of carbonyl (C=O) groups is 1. The van der Waals surface area contributed by atoms with Gasteiger partial charge in [0.25, 0.3) is 6.01 Å². The van der Waals surface area contributed by atoms with Gasteiger partial charge in [-0.15, -0.1) is 0 Å². The van der Waals surface area contributed by atoms with Gasteiger partial charge in [-0.1, -0.05) is 29.8 Å². The van der Waals surface area contributed by atoms with E-state index in [4.69, 9.17) is 16.0 Å². The molecule has 2 heterocycles. The summed E-state index contributed by atoms with van der Waals surface area (Å²) in [5.74, 6) is -0.724. The molecule has 4 rings (SSSR count). The number of para-hydroxylation sites is 2. The van der Waals surface area contributed by atoms with Crippen LogP contribution in [-0.4, -0.2) is 30.0 Å². The highest BCUT2D eigenvalue weighted by molar-refractivity contribution is 6.31. The third kappa shape index (κ3) is 3.76. The number of carbonyl (C=O) groups excluding carboxylic acids is 1. The van der Waals surface area contributed by atoms with E-state index in [2.05, 4.69) is 15.2 Å². The van der Waals surface area contributed by atoms with Crippen molar-refractivity contribution in [1.29, 1.82) is 0 Å². The lowest BCUT2D eigenvalue weighted by atomic mass is 10.1. The van der Waals surface area contributed by atoms with E-state index >= 15 is 0 Å². The highest BCUT2D eigenvalue weighted by Crippen LogP contribution is 2.28. The summed E-state index contributed by atoms with van der Waals surface area (Å²) in [6.07, 6.45) is 1.85. The largest absolute Gasteiger partial charge is 0.423 e. The Hall–Kier alpha value is -2.60. The van der Waals surface area contributed by atoms with Gasteiger partial charge >= 0.3 is 0 Å². The Kier molecular flexibility index (Phi) is 4.99. The number of oxazole rings is 1. The van der Waals surface area contributed by atoms with E-state index < -0.39 is 5.82 Å². The molecule has 1 atom stereocenters. The van der Waals surface area contributed by atoms with Crippen LogP contribution in [0.1, 0.15) is 18.4 Å². The van der Waals surface area contributed by atoms with E-state index in [-0.39, 0.29) is 29.0 Å². The molecule has 0 saturated carbocycles. The standard InChI is InChI=1S/C20H19ClFN3O2/c21-15-6-3-7-16(22)14(15)11-19(26)23-12-13-5-4-10-25(13)20-24-17-8-1-2-9-18(17)27-20/h1-3,6-9,13H,4-5,10-12H2,(H,23,26). The number of fused-ring (bicyclic) bond motifs is 1. The van der Waals surface area contributed by atoms with Gasteiger partial charge in [0.15, 0.2) is 5.58 Å². The van der Waals surface area contributed by atoms with E-state index in [1.807, 2.05) is 24.3 Å². The number of anilines is 1. The fourth-order valence-corrected chi connectivity index (χ4v) is 3.67. The second-order valence-corrected chi connectivity index (χ2v) is 7.04. The fourth-order valence-electron chi connectivity index (χ4n) is 3.44. The minimum atomic E-state index is -0.466. The molecule has 0 spiro atoms. The second kappa shape index (κ2) is 7.56. The van der Waals surface area contributed by atoms with Crippen molar-refractivity contribution in [3.05, 3.63) is 58.9 Å². The third-order valence-corrected chi connectivity index (χ3v) is 5.19. The van der Waals surface area contributed by atoms with Crippen molar-refractivity contribution in [1.82, 2.24) is 10.3 Å². The van der Waals surface area contributed by atoms with Gasteiger partial charge in [-0.2, -0.15) is 4.98 Å². The summed E-state index contributed by atoms with van der Waals surface area (Å²) in [5.41, 5.74) is 1.78. The SMILES string of the molecule is O=C(Cc1c(F)cccc1Cl)NCC1CCCN1c1nc2ccccc2o1. The number of halogens is 2. The van der Waals surface area contributed by atoms with E-state index in [9.17, 15) is 9.18 Å². The average Bonchev–Trinajstić information content (AvgIpc) is 3.29. The molecular formula is C20H19ClFN3O2. The van der Waals surface area contributed by atoms with Crippen molar-refractivity contribution >= 4 is 34.6 Å². The maximum absolute atomic E-state index is 13.8. The Balaban J connectivity index is 1.40. The topological polar surface area (TPSA) is 58.4 Å². The summed E-state index contributed by atoms with van der Waals surface area (Å²) in [5, 5.41) is 3.15. The first-order valence-corrected chi connectivity index (χ1v) is 9.31. The van der Waals surface area contributed by atoms with Crippen molar-refractivity contribution in [2.75, 3.05) is 18.0 Å². The lowest BCUT2D eigenvalue weighted by molar-refractivity contribution is -0.120. The molecule has 0 bridgehead atoms. The van der Waals surface area contributed by atoms with Crippen LogP contribution in [0.25, 0.3) is 11.1 Å². The molecule has 1 saturated heterocycles. The van der Waals surface area contributed by atoms with Crippen LogP contribution in [0.3, 0.4) is 0 Å². The molecule has 0 aliphatic carbocycles. The van der Waals surface area contributed by atoms with Crippen molar-refractivity contribution in [3.63, 3.8) is 0 Å². The van der Waals surface area contributed by atoms with Gasteiger partial charge in [-0.25, -0.2) is 4.39 Å². The number of nitrogens with zero attached hydrogens (tertiary/aromatic N) is 2. The van der Waals surface area contributed by atoms with Crippen molar-refractivity contribution < 1.29 is 13.6 Å². The Morgan fingerprint density at radius 3 is 2.96 bits per heavy atom. The maximum atomic E-state index is 13.8. The van der Waals surface area contributed by atoms with Crippen LogP contribution in [0.5, 0.6) is 0 Å². The molecule has 3 aromatic rings. The van der Waals surface area contributed by atoms with Crippen LogP contribution in [-0.2, 0) is 11.2 Å². The number of nitrogens with one attached hydrogen (secondary N) is 1. The molecule has 1 fully saturated rings. The molecule has 1 amide bonds. The van der Waals surface area contributed by atoms with Crippen molar-refractivity contribution in [2.24, 2.45) is 0 Å². The normalized spacial score (nSPS) is 16.8. The van der Waals surface area contributed by atoms with Crippen LogP contribution in [0.4, 0.5) is 10.4 Å². The lowest BCUT2D eigenvalue weighted by Crippen LogP contribution is -2.41. The summed E-state index contributed by atoms with van der Waals surface area (Å²) >= 11 is 5.99. The van der Waals surface area contributed by atoms with Crippen LogP contribution in [0.2, 0.25) is 5.02 Å². The minimum Gasteiger partial charge on any atom is -0.423 e. The van der Waals surface area contributed by atoms with Crippen LogP contribution >= 0.6 is 11.6 Å². The van der Waals surface area contributed by atoms with Gasteiger partial charge in [0, 0.05) is 23.7 Å². The Morgan fingerprint density at radius 2 is 2.15 bits per heavy atom. The summed E-state index contributed by atoms with van der Waals surface area (Å²) < 4.78 is 19.7. The van der Waals surface area contributed by atoms with Crippen molar-refractivity contribution in [2.45, 2.75) is 25.3 Å². The molecule has 2 aromatic carbocycles. The molecule has 1 unspecified atom stereocenters. The molecule has 5 nitrogen and oxygen atoms in total. The van der Waals surface area contributed by atoms with Gasteiger partial charge in [-0.05, 0) is 37.1 Å². The molecule has 140 valence electrons. The number of hydrogen-bond acceptors (Lipinski definition) is 4. The zero-order valence-corrected chi connectivity index (χ0v) is 15.4. The van der Waals surface area contributed by atoms with E-state index in [1.165, 1.54) is 12.1 Å². The Bertz CT molecular complexity index is 922. The average molecular weight is 388 g/mol. The molecule has 0 radical (unpaired) electrons. The lowest BCUT2D eigenvalue weighted by Gasteiger charge is -2.23. The first kappa shape index (κ1) is 17.8. The van der Waals surface area contributed by atoms with Gasteiger partial charge in [0.05, 0.1) is 12.5 Å². The highest BCUT2D eigenvalue weighted by atomic mass is 35.5. The number of amides is 1. The van der Waals surface area contributed by atoms with Crippen molar-refractivity contribution in [3.8, 4) is 0 Å². The van der Waals surface area contributed by atoms with E-state index in [0.717, 1.165) is 30.5 Å². The zero-order valence-electron chi connectivity index (χ0n) is 14.6.